The molecule has 0 bridgehead atoms. The Kier molecular flexibility index (Phi) is 7.59. The van der Waals surface area contributed by atoms with Gasteiger partial charge in [-0.15, -0.1) is 0 Å². The summed E-state index contributed by atoms with van der Waals surface area (Å²) in [6.07, 6.45) is 1.37. The van der Waals surface area contributed by atoms with Gasteiger partial charge in [-0.1, -0.05) is 44.2 Å². The lowest BCUT2D eigenvalue weighted by molar-refractivity contribution is -0.124. The van der Waals surface area contributed by atoms with Crippen LogP contribution in [0.3, 0.4) is 0 Å². The van der Waals surface area contributed by atoms with Gasteiger partial charge in [0.05, 0.1) is 17.5 Å². The van der Waals surface area contributed by atoms with Crippen LogP contribution >= 0.6 is 0 Å². The Morgan fingerprint density at radius 3 is 2.12 bits per heavy atom. The molecule has 1 heterocycles. The van der Waals surface area contributed by atoms with E-state index >= 15 is 0 Å². The highest BCUT2D eigenvalue weighted by molar-refractivity contribution is 6.08. The average Bonchev–Trinajstić information content (AvgIpc) is 3.36. The van der Waals surface area contributed by atoms with Gasteiger partial charge in [0.25, 0.3) is 23.6 Å². The van der Waals surface area contributed by atoms with Gasteiger partial charge in [-0.2, -0.15) is 0 Å². The predicted molar refractivity (Wildman–Crippen MR) is 121 cm³/mol. The van der Waals surface area contributed by atoms with Crippen molar-refractivity contribution < 1.29 is 23.6 Å². The number of carbonyl (C=O) groups excluding carboxylic acids is 4. The molecule has 0 aliphatic heterocycles. The standard InChI is InChI=1S/C24H24N4O5/c1-15(2)20(24(32)28-27-21(29)16-9-4-3-5-10-16)26-22(30)17-11-6-7-12-18(17)25-23(31)19-13-8-14-33-19/h3-15,20H,1-2H3,(H,25,31)(H,26,30)(H,27,29)(H,28,32)/t20-/m0/s1. The first-order valence-electron chi connectivity index (χ1n) is 10.3. The minimum Gasteiger partial charge on any atom is -0.459 e. The number of para-hydroxylation sites is 1. The Morgan fingerprint density at radius 2 is 1.45 bits per heavy atom. The fraction of sp³-hybridized carbons (Fsp3) is 0.167. The second kappa shape index (κ2) is 10.8. The topological polar surface area (TPSA) is 130 Å². The van der Waals surface area contributed by atoms with Crippen molar-refractivity contribution in [3.63, 3.8) is 0 Å². The zero-order valence-electron chi connectivity index (χ0n) is 18.1. The Hall–Kier alpha value is -4.40. The summed E-state index contributed by atoms with van der Waals surface area (Å²) in [5.74, 6) is -2.33. The normalized spacial score (nSPS) is 11.4. The molecule has 2 aromatic carbocycles. The number of anilines is 1. The Balaban J connectivity index is 1.67. The molecule has 0 saturated heterocycles. The minimum absolute atomic E-state index is 0.0961. The number of amides is 4. The number of hydrogen-bond acceptors (Lipinski definition) is 5. The molecular weight excluding hydrogens is 424 g/mol. The summed E-state index contributed by atoms with van der Waals surface area (Å²) in [6, 6.07) is 16.9. The van der Waals surface area contributed by atoms with Crippen molar-refractivity contribution in [2.24, 2.45) is 5.92 Å². The lowest BCUT2D eigenvalue weighted by Gasteiger charge is -2.22. The van der Waals surface area contributed by atoms with Crippen LogP contribution in [-0.2, 0) is 4.79 Å². The zero-order chi connectivity index (χ0) is 23.8. The molecule has 4 amide bonds. The first-order chi connectivity index (χ1) is 15.9. The van der Waals surface area contributed by atoms with E-state index in [0.29, 0.717) is 5.56 Å². The smallest absolute Gasteiger partial charge is 0.291 e. The summed E-state index contributed by atoms with van der Waals surface area (Å²) in [5, 5.41) is 5.30. The molecule has 9 nitrogen and oxygen atoms in total. The van der Waals surface area contributed by atoms with Crippen molar-refractivity contribution in [3.05, 3.63) is 89.9 Å². The second-order valence-corrected chi connectivity index (χ2v) is 7.48. The van der Waals surface area contributed by atoms with E-state index in [4.69, 9.17) is 4.42 Å². The van der Waals surface area contributed by atoms with E-state index in [1.54, 1.807) is 68.4 Å². The summed E-state index contributed by atoms with van der Waals surface area (Å²) < 4.78 is 5.07. The van der Waals surface area contributed by atoms with Gasteiger partial charge in [0, 0.05) is 5.56 Å². The van der Waals surface area contributed by atoms with Gasteiger partial charge in [-0.3, -0.25) is 30.0 Å². The summed E-state index contributed by atoms with van der Waals surface area (Å²) in [6.45, 7) is 3.52. The van der Waals surface area contributed by atoms with Crippen LogP contribution in [0.5, 0.6) is 0 Å². The quantitative estimate of drug-likeness (QED) is 0.413. The van der Waals surface area contributed by atoms with Crippen LogP contribution in [0.1, 0.15) is 45.1 Å². The van der Waals surface area contributed by atoms with E-state index in [1.165, 1.54) is 18.4 Å². The van der Waals surface area contributed by atoms with Gasteiger partial charge in [0.2, 0.25) is 0 Å². The monoisotopic (exact) mass is 448 g/mol. The second-order valence-electron chi connectivity index (χ2n) is 7.48. The molecule has 4 N–H and O–H groups in total. The molecule has 0 aliphatic carbocycles. The number of carbonyl (C=O) groups is 4. The van der Waals surface area contributed by atoms with E-state index in [0.717, 1.165) is 0 Å². The summed E-state index contributed by atoms with van der Waals surface area (Å²) in [5.41, 5.74) is 5.50. The molecule has 33 heavy (non-hydrogen) atoms. The Bertz CT molecular complexity index is 1130. The lowest BCUT2D eigenvalue weighted by Crippen LogP contribution is -2.54. The van der Waals surface area contributed by atoms with Crippen molar-refractivity contribution >= 4 is 29.3 Å². The first-order valence-corrected chi connectivity index (χ1v) is 10.3. The first kappa shape index (κ1) is 23.3. The fourth-order valence-corrected chi connectivity index (χ4v) is 2.99. The van der Waals surface area contributed by atoms with E-state index in [9.17, 15) is 19.2 Å². The van der Waals surface area contributed by atoms with Crippen molar-refractivity contribution in [2.75, 3.05) is 5.32 Å². The number of rotatable bonds is 7. The molecule has 1 atom stereocenters. The molecule has 0 saturated carbocycles. The number of benzene rings is 2. The summed E-state index contributed by atoms with van der Waals surface area (Å²) in [7, 11) is 0. The van der Waals surface area contributed by atoms with Crippen LogP contribution in [0, 0.1) is 5.92 Å². The van der Waals surface area contributed by atoms with Crippen LogP contribution in [-0.4, -0.2) is 29.7 Å². The molecule has 0 fully saturated rings. The molecule has 1 aromatic heterocycles. The van der Waals surface area contributed by atoms with E-state index in [2.05, 4.69) is 21.5 Å². The fourth-order valence-electron chi connectivity index (χ4n) is 2.99. The SMILES string of the molecule is CC(C)[C@H](NC(=O)c1ccccc1NC(=O)c1ccco1)C(=O)NNC(=O)c1ccccc1. The van der Waals surface area contributed by atoms with Gasteiger partial charge < -0.3 is 15.1 Å². The average molecular weight is 448 g/mol. The van der Waals surface area contributed by atoms with Crippen molar-refractivity contribution in [1.82, 2.24) is 16.2 Å². The number of hydrogen-bond donors (Lipinski definition) is 4. The molecule has 0 aliphatic rings. The van der Waals surface area contributed by atoms with Gasteiger partial charge in [-0.05, 0) is 42.3 Å². The zero-order valence-corrected chi connectivity index (χ0v) is 18.1. The molecule has 0 spiro atoms. The highest BCUT2D eigenvalue weighted by atomic mass is 16.3. The third-order valence-electron chi connectivity index (χ3n) is 4.74. The maximum atomic E-state index is 13.0. The van der Waals surface area contributed by atoms with Gasteiger partial charge >= 0.3 is 0 Å². The Morgan fingerprint density at radius 1 is 0.758 bits per heavy atom. The third kappa shape index (κ3) is 6.07. The van der Waals surface area contributed by atoms with Crippen LogP contribution in [0.15, 0.2) is 77.4 Å². The van der Waals surface area contributed by atoms with E-state index in [-0.39, 0.29) is 22.9 Å². The van der Waals surface area contributed by atoms with Crippen molar-refractivity contribution in [3.8, 4) is 0 Å². The van der Waals surface area contributed by atoms with Gasteiger partial charge in [0.1, 0.15) is 6.04 Å². The molecule has 3 aromatic rings. The molecule has 9 heteroatoms. The largest absolute Gasteiger partial charge is 0.459 e. The summed E-state index contributed by atoms with van der Waals surface area (Å²) in [4.78, 5) is 50.1. The number of nitrogens with one attached hydrogen (secondary N) is 4. The number of hydrazine groups is 1. The van der Waals surface area contributed by atoms with Gasteiger partial charge in [-0.25, -0.2) is 0 Å². The maximum Gasteiger partial charge on any atom is 0.291 e. The third-order valence-corrected chi connectivity index (χ3v) is 4.74. The van der Waals surface area contributed by atoms with Crippen molar-refractivity contribution in [2.45, 2.75) is 19.9 Å². The van der Waals surface area contributed by atoms with Crippen LogP contribution in [0.25, 0.3) is 0 Å². The lowest BCUT2D eigenvalue weighted by atomic mass is 10.0. The molecular formula is C24H24N4O5. The van der Waals surface area contributed by atoms with E-state index in [1.807, 2.05) is 0 Å². The molecule has 0 radical (unpaired) electrons. The Labute approximate surface area is 190 Å². The van der Waals surface area contributed by atoms with Crippen LogP contribution in [0.4, 0.5) is 5.69 Å². The highest BCUT2D eigenvalue weighted by Crippen LogP contribution is 2.17. The highest BCUT2D eigenvalue weighted by Gasteiger charge is 2.26. The molecule has 3 rings (SSSR count). The van der Waals surface area contributed by atoms with E-state index < -0.39 is 29.7 Å². The molecule has 0 unspecified atom stereocenters. The summed E-state index contributed by atoms with van der Waals surface area (Å²) >= 11 is 0. The van der Waals surface area contributed by atoms with Gasteiger partial charge in [0.15, 0.2) is 5.76 Å². The van der Waals surface area contributed by atoms with Crippen molar-refractivity contribution in [1.29, 1.82) is 0 Å². The number of furan rings is 1. The predicted octanol–water partition coefficient (Wildman–Crippen LogP) is 2.75. The maximum absolute atomic E-state index is 13.0. The van der Waals surface area contributed by atoms with Crippen LogP contribution in [0.2, 0.25) is 0 Å². The minimum atomic E-state index is -0.942. The molecule has 170 valence electrons. The van der Waals surface area contributed by atoms with Crippen LogP contribution < -0.4 is 21.5 Å².